The van der Waals surface area contributed by atoms with Crippen LogP contribution in [0.4, 0.5) is 0 Å². The number of aromatic nitrogens is 3. The lowest BCUT2D eigenvalue weighted by Crippen LogP contribution is -1.92. The topological polar surface area (TPSA) is 30.7 Å². The normalized spacial score (nSPS) is 10.7. The maximum absolute atomic E-state index is 4.42. The van der Waals surface area contributed by atoms with E-state index in [0.29, 0.717) is 0 Å². The molecule has 3 rings (SSSR count). The number of nitrogens with zero attached hydrogens (tertiary/aromatic N) is 3. The molecule has 0 aliphatic heterocycles. The fourth-order valence-electron chi connectivity index (χ4n) is 1.95. The van der Waals surface area contributed by atoms with E-state index in [4.69, 9.17) is 0 Å². The van der Waals surface area contributed by atoms with Gasteiger partial charge in [0.1, 0.15) is 6.33 Å². The van der Waals surface area contributed by atoms with E-state index in [1.165, 1.54) is 0 Å². The molecular formula is C14H11N3S. The highest BCUT2D eigenvalue weighted by atomic mass is 32.1. The molecule has 0 bridgehead atoms. The first-order valence-electron chi connectivity index (χ1n) is 5.52. The number of rotatable bonds is 2. The van der Waals surface area contributed by atoms with Crippen LogP contribution in [0.25, 0.3) is 16.3 Å². The number of hydrogen-bond acceptors (Lipinski definition) is 3. The van der Waals surface area contributed by atoms with Gasteiger partial charge in [0.05, 0.1) is 11.4 Å². The molecule has 2 heterocycles. The molecule has 0 unspecified atom stereocenters. The van der Waals surface area contributed by atoms with Crippen molar-refractivity contribution in [1.82, 2.24) is 13.9 Å². The van der Waals surface area contributed by atoms with Crippen LogP contribution in [0.2, 0.25) is 0 Å². The van der Waals surface area contributed by atoms with Gasteiger partial charge >= 0.3 is 0 Å². The van der Waals surface area contributed by atoms with Crippen molar-refractivity contribution in [2.75, 3.05) is 0 Å². The van der Waals surface area contributed by atoms with E-state index < -0.39 is 0 Å². The molecule has 0 fully saturated rings. The van der Waals surface area contributed by atoms with E-state index in [1.54, 1.807) is 16.5 Å². The number of hydrogen-bond donors (Lipinski definition) is 1. The molecule has 2 aromatic heterocycles. The van der Waals surface area contributed by atoms with Crippen LogP contribution in [0, 0.1) is 0 Å². The van der Waals surface area contributed by atoms with Crippen LogP contribution in [-0.2, 0) is 0 Å². The summed E-state index contributed by atoms with van der Waals surface area (Å²) in [6.07, 6.45) is 5.24. The highest BCUT2D eigenvalue weighted by Crippen LogP contribution is 2.25. The van der Waals surface area contributed by atoms with E-state index in [0.717, 1.165) is 27.7 Å². The van der Waals surface area contributed by atoms with Crippen molar-refractivity contribution in [3.63, 3.8) is 0 Å². The number of thiol groups is 1. The number of benzene rings is 1. The van der Waals surface area contributed by atoms with E-state index in [1.807, 2.05) is 30.5 Å². The monoisotopic (exact) mass is 253 g/mol. The molecule has 1 aromatic carbocycles. The molecule has 3 nitrogen and oxygen atoms in total. The Bertz CT molecular complexity index is 725. The molecule has 4 heteroatoms. The van der Waals surface area contributed by atoms with Crippen LogP contribution in [-0.4, -0.2) is 13.9 Å². The van der Waals surface area contributed by atoms with Crippen molar-refractivity contribution in [1.29, 1.82) is 0 Å². The van der Waals surface area contributed by atoms with E-state index in [2.05, 4.69) is 35.4 Å². The summed E-state index contributed by atoms with van der Waals surface area (Å²) in [6, 6.07) is 10.1. The van der Waals surface area contributed by atoms with Gasteiger partial charge in [0.2, 0.25) is 0 Å². The SMILES string of the molecule is C=C(c1cn(S)cn1)c1nccc2ccccc12. The summed E-state index contributed by atoms with van der Waals surface area (Å²) in [6.45, 7) is 4.09. The highest BCUT2D eigenvalue weighted by molar-refractivity contribution is 7.78. The van der Waals surface area contributed by atoms with E-state index in [-0.39, 0.29) is 0 Å². The first kappa shape index (κ1) is 11.0. The quantitative estimate of drug-likeness (QED) is 0.711. The minimum Gasteiger partial charge on any atom is -0.282 e. The third kappa shape index (κ3) is 1.80. The maximum atomic E-state index is 4.42. The Morgan fingerprint density at radius 1 is 1.17 bits per heavy atom. The Hall–Kier alpha value is -2.07. The predicted octanol–water partition coefficient (Wildman–Crippen LogP) is 3.19. The lowest BCUT2D eigenvalue weighted by atomic mass is 10.0. The second kappa shape index (κ2) is 4.31. The van der Waals surface area contributed by atoms with Gasteiger partial charge in [0.25, 0.3) is 0 Å². The fourth-order valence-corrected chi connectivity index (χ4v) is 2.11. The number of imidazole rings is 1. The fraction of sp³-hybridized carbons (Fsp3) is 0. The van der Waals surface area contributed by atoms with Crippen molar-refractivity contribution >= 4 is 29.2 Å². The van der Waals surface area contributed by atoms with Gasteiger partial charge in [0, 0.05) is 23.4 Å². The Morgan fingerprint density at radius 2 is 2.00 bits per heavy atom. The average Bonchev–Trinajstić information content (AvgIpc) is 2.84. The molecule has 0 radical (unpaired) electrons. The maximum Gasteiger partial charge on any atom is 0.105 e. The molecule has 0 N–H and O–H groups in total. The Kier molecular flexibility index (Phi) is 2.64. The molecule has 0 atom stereocenters. The molecule has 18 heavy (non-hydrogen) atoms. The summed E-state index contributed by atoms with van der Waals surface area (Å²) < 4.78 is 1.60. The first-order chi connectivity index (χ1) is 8.75. The number of pyridine rings is 1. The minimum absolute atomic E-state index is 0.786. The van der Waals surface area contributed by atoms with Crippen LogP contribution < -0.4 is 0 Å². The van der Waals surface area contributed by atoms with Gasteiger partial charge in [-0.15, -0.1) is 0 Å². The lowest BCUT2D eigenvalue weighted by molar-refractivity contribution is 1.24. The van der Waals surface area contributed by atoms with E-state index >= 15 is 0 Å². The Labute approximate surface area is 110 Å². The zero-order valence-electron chi connectivity index (χ0n) is 9.61. The third-order valence-corrected chi connectivity index (χ3v) is 3.06. The molecule has 0 spiro atoms. The predicted molar refractivity (Wildman–Crippen MR) is 76.5 cm³/mol. The summed E-state index contributed by atoms with van der Waals surface area (Å²) in [5, 5.41) is 2.23. The summed E-state index contributed by atoms with van der Waals surface area (Å²) in [7, 11) is 0. The average molecular weight is 253 g/mol. The lowest BCUT2D eigenvalue weighted by Gasteiger charge is -2.06. The van der Waals surface area contributed by atoms with Gasteiger partial charge in [-0.3, -0.25) is 8.96 Å². The Morgan fingerprint density at radius 3 is 2.78 bits per heavy atom. The molecule has 0 aliphatic rings. The van der Waals surface area contributed by atoms with Crippen LogP contribution in [0.5, 0.6) is 0 Å². The van der Waals surface area contributed by atoms with Gasteiger partial charge in [0.15, 0.2) is 0 Å². The molecular weight excluding hydrogens is 242 g/mol. The summed E-state index contributed by atoms with van der Waals surface area (Å²) in [5.41, 5.74) is 2.45. The minimum atomic E-state index is 0.786. The molecule has 0 saturated heterocycles. The van der Waals surface area contributed by atoms with Crippen LogP contribution in [0.15, 0.2) is 55.6 Å². The Balaban J connectivity index is 2.17. The molecule has 0 aliphatic carbocycles. The second-order valence-electron chi connectivity index (χ2n) is 4.00. The molecule has 88 valence electrons. The van der Waals surface area contributed by atoms with E-state index in [9.17, 15) is 0 Å². The van der Waals surface area contributed by atoms with Crippen molar-refractivity contribution < 1.29 is 0 Å². The highest BCUT2D eigenvalue weighted by Gasteiger charge is 2.10. The van der Waals surface area contributed by atoms with Crippen molar-refractivity contribution in [3.05, 3.63) is 67.0 Å². The third-order valence-electron chi connectivity index (χ3n) is 2.84. The summed E-state index contributed by atoms with van der Waals surface area (Å²) >= 11 is 4.18. The first-order valence-corrected chi connectivity index (χ1v) is 5.92. The molecule has 3 aromatic rings. The van der Waals surface area contributed by atoms with Crippen molar-refractivity contribution in [2.24, 2.45) is 0 Å². The van der Waals surface area contributed by atoms with Gasteiger partial charge < -0.3 is 0 Å². The van der Waals surface area contributed by atoms with Crippen molar-refractivity contribution in [2.45, 2.75) is 0 Å². The van der Waals surface area contributed by atoms with Crippen LogP contribution >= 0.6 is 12.8 Å². The van der Waals surface area contributed by atoms with Gasteiger partial charge in [-0.05, 0) is 11.5 Å². The summed E-state index contributed by atoms with van der Waals surface area (Å²) in [4.78, 5) is 8.66. The van der Waals surface area contributed by atoms with Crippen LogP contribution in [0.1, 0.15) is 11.4 Å². The van der Waals surface area contributed by atoms with Crippen molar-refractivity contribution in [3.8, 4) is 0 Å². The molecule has 0 amide bonds. The standard InChI is InChI=1S/C14H11N3S/c1-10(13-8-17(18)9-16-13)14-12-5-3-2-4-11(12)6-7-15-14/h2-9,18H,1H2. The van der Waals surface area contributed by atoms with Gasteiger partial charge in [-0.25, -0.2) is 4.98 Å². The van der Waals surface area contributed by atoms with Gasteiger partial charge in [-0.1, -0.05) is 43.7 Å². The second-order valence-corrected chi connectivity index (χ2v) is 4.46. The van der Waals surface area contributed by atoms with Gasteiger partial charge in [-0.2, -0.15) is 0 Å². The zero-order chi connectivity index (χ0) is 12.5. The van der Waals surface area contributed by atoms with Crippen LogP contribution in [0.3, 0.4) is 0 Å². The summed E-state index contributed by atoms with van der Waals surface area (Å²) in [5.74, 6) is 0. The largest absolute Gasteiger partial charge is 0.282 e. The smallest absolute Gasteiger partial charge is 0.105 e. The zero-order valence-corrected chi connectivity index (χ0v) is 10.5. The number of fused-ring (bicyclic) bond motifs is 1. The molecule has 0 saturated carbocycles.